The number of hydrogen-bond acceptors (Lipinski definition) is 3. The van der Waals surface area contributed by atoms with E-state index >= 15 is 0 Å². The van der Waals surface area contributed by atoms with Crippen LogP contribution in [0, 0.1) is 0 Å². The maximum absolute atomic E-state index is 12.9. The largest absolute Gasteiger partial charge is 0.493 e. The van der Waals surface area contributed by atoms with Gasteiger partial charge in [0.1, 0.15) is 5.75 Å². The summed E-state index contributed by atoms with van der Waals surface area (Å²) < 4.78 is 33.0. The minimum atomic E-state index is -3.49. The number of sulfonamides is 1. The fourth-order valence-corrected chi connectivity index (χ4v) is 4.28. The highest BCUT2D eigenvalue weighted by Crippen LogP contribution is 2.32. The van der Waals surface area contributed by atoms with Gasteiger partial charge in [-0.15, -0.1) is 0 Å². The van der Waals surface area contributed by atoms with Gasteiger partial charge in [-0.05, 0) is 18.6 Å². The second-order valence-corrected chi connectivity index (χ2v) is 7.31. The molecular formula is C18H25NO3S. The minimum Gasteiger partial charge on any atom is -0.493 e. The minimum absolute atomic E-state index is 0.347. The van der Waals surface area contributed by atoms with Gasteiger partial charge in [-0.1, -0.05) is 51.5 Å². The number of nitrogens with zero attached hydrogens (tertiary/aromatic N) is 1. The number of unbranched alkanes of at least 4 members (excludes halogenated alkanes) is 1. The van der Waals surface area contributed by atoms with Crippen molar-refractivity contribution in [3.05, 3.63) is 36.4 Å². The van der Waals surface area contributed by atoms with Crippen LogP contribution in [0.5, 0.6) is 5.75 Å². The van der Waals surface area contributed by atoms with Crippen LogP contribution in [0.25, 0.3) is 10.8 Å². The summed E-state index contributed by atoms with van der Waals surface area (Å²) in [6.45, 7) is 7.38. The fourth-order valence-electron chi connectivity index (χ4n) is 2.62. The molecule has 0 heterocycles. The van der Waals surface area contributed by atoms with E-state index in [1.54, 1.807) is 12.1 Å². The highest BCUT2D eigenvalue weighted by Gasteiger charge is 2.24. The molecule has 0 fully saturated rings. The highest BCUT2D eigenvalue weighted by atomic mass is 32.2. The normalized spacial score (nSPS) is 12.0. The zero-order valence-electron chi connectivity index (χ0n) is 14.1. The standard InChI is InChI=1S/C18H25NO3S/c1-4-7-14-22-17-12-13-18(16-11-9-8-10-15(16)17)23(20,21)19(5-2)6-3/h8-13H,4-7,14H2,1-3H3. The molecule has 5 heteroatoms. The van der Waals surface area contributed by atoms with Crippen LogP contribution < -0.4 is 4.74 Å². The van der Waals surface area contributed by atoms with E-state index in [0.717, 1.165) is 24.0 Å². The zero-order valence-corrected chi connectivity index (χ0v) is 14.9. The van der Waals surface area contributed by atoms with Gasteiger partial charge >= 0.3 is 0 Å². The van der Waals surface area contributed by atoms with Gasteiger partial charge in [0.25, 0.3) is 0 Å². The molecule has 0 unspecified atom stereocenters. The van der Waals surface area contributed by atoms with Gasteiger partial charge in [0, 0.05) is 23.9 Å². The molecule has 0 spiro atoms. The second-order valence-electron chi connectivity index (χ2n) is 5.40. The van der Waals surface area contributed by atoms with E-state index in [2.05, 4.69) is 6.92 Å². The van der Waals surface area contributed by atoms with E-state index in [-0.39, 0.29) is 0 Å². The van der Waals surface area contributed by atoms with Crippen molar-refractivity contribution in [1.82, 2.24) is 4.31 Å². The van der Waals surface area contributed by atoms with E-state index in [1.165, 1.54) is 4.31 Å². The monoisotopic (exact) mass is 335 g/mol. The number of fused-ring (bicyclic) bond motifs is 1. The van der Waals surface area contributed by atoms with Crippen molar-refractivity contribution in [2.75, 3.05) is 19.7 Å². The van der Waals surface area contributed by atoms with E-state index < -0.39 is 10.0 Å². The molecule has 0 saturated heterocycles. The topological polar surface area (TPSA) is 46.6 Å². The molecule has 2 rings (SSSR count). The molecule has 0 radical (unpaired) electrons. The van der Waals surface area contributed by atoms with Gasteiger partial charge in [0.15, 0.2) is 0 Å². The van der Waals surface area contributed by atoms with Crippen molar-refractivity contribution in [2.45, 2.75) is 38.5 Å². The summed E-state index contributed by atoms with van der Waals surface area (Å²) in [6.07, 6.45) is 2.04. The van der Waals surface area contributed by atoms with Crippen molar-refractivity contribution in [3.8, 4) is 5.75 Å². The lowest BCUT2D eigenvalue weighted by Gasteiger charge is -2.20. The highest BCUT2D eigenvalue weighted by molar-refractivity contribution is 7.89. The maximum atomic E-state index is 12.9. The third-order valence-electron chi connectivity index (χ3n) is 3.92. The van der Waals surface area contributed by atoms with Crippen LogP contribution in [0.1, 0.15) is 33.6 Å². The Balaban J connectivity index is 2.53. The number of rotatable bonds is 8. The number of benzene rings is 2. The van der Waals surface area contributed by atoms with Crippen LogP contribution in [0.4, 0.5) is 0 Å². The second kappa shape index (κ2) is 7.79. The molecule has 2 aromatic rings. The molecule has 0 bridgehead atoms. The van der Waals surface area contributed by atoms with Crippen molar-refractivity contribution < 1.29 is 13.2 Å². The smallest absolute Gasteiger partial charge is 0.243 e. The molecule has 0 atom stereocenters. The first kappa shape index (κ1) is 17.8. The lowest BCUT2D eigenvalue weighted by atomic mass is 10.1. The summed E-state index contributed by atoms with van der Waals surface area (Å²) in [5.41, 5.74) is 0. The first-order valence-corrected chi connectivity index (χ1v) is 9.64. The predicted molar refractivity (Wildman–Crippen MR) is 94.5 cm³/mol. The Labute approximate surface area is 139 Å². The first-order valence-electron chi connectivity index (χ1n) is 8.20. The van der Waals surface area contributed by atoms with E-state index in [4.69, 9.17) is 4.74 Å². The van der Waals surface area contributed by atoms with Gasteiger partial charge < -0.3 is 4.74 Å². The summed E-state index contributed by atoms with van der Waals surface area (Å²) in [4.78, 5) is 0.347. The van der Waals surface area contributed by atoms with E-state index in [1.807, 2.05) is 38.1 Å². The van der Waals surface area contributed by atoms with Gasteiger partial charge in [0.2, 0.25) is 10.0 Å². The predicted octanol–water partition coefficient (Wildman–Crippen LogP) is 4.05. The molecule has 0 amide bonds. The molecule has 0 N–H and O–H groups in total. The van der Waals surface area contributed by atoms with Gasteiger partial charge in [0.05, 0.1) is 11.5 Å². The van der Waals surface area contributed by atoms with E-state index in [0.29, 0.717) is 30.0 Å². The van der Waals surface area contributed by atoms with Crippen molar-refractivity contribution in [1.29, 1.82) is 0 Å². The SMILES string of the molecule is CCCCOc1ccc(S(=O)(=O)N(CC)CC)c2ccccc12. The molecule has 0 aliphatic heterocycles. The third-order valence-corrected chi connectivity index (χ3v) is 6.03. The van der Waals surface area contributed by atoms with Gasteiger partial charge in [-0.25, -0.2) is 8.42 Å². The lowest BCUT2D eigenvalue weighted by molar-refractivity contribution is 0.313. The summed E-state index contributed by atoms with van der Waals surface area (Å²) in [5.74, 6) is 0.743. The Hall–Kier alpha value is -1.59. The van der Waals surface area contributed by atoms with Crippen LogP contribution in [0.2, 0.25) is 0 Å². The van der Waals surface area contributed by atoms with E-state index in [9.17, 15) is 8.42 Å². The van der Waals surface area contributed by atoms with Crippen LogP contribution in [0.3, 0.4) is 0 Å². The summed E-state index contributed by atoms with van der Waals surface area (Å²) >= 11 is 0. The Morgan fingerprint density at radius 3 is 2.22 bits per heavy atom. The quantitative estimate of drug-likeness (QED) is 0.684. The molecule has 126 valence electrons. The molecule has 2 aromatic carbocycles. The van der Waals surface area contributed by atoms with Crippen LogP contribution >= 0.6 is 0 Å². The molecular weight excluding hydrogens is 310 g/mol. The Morgan fingerprint density at radius 2 is 1.61 bits per heavy atom. The van der Waals surface area contributed by atoms with Crippen molar-refractivity contribution in [2.24, 2.45) is 0 Å². The first-order chi connectivity index (χ1) is 11.1. The van der Waals surface area contributed by atoms with Crippen molar-refractivity contribution >= 4 is 20.8 Å². The summed E-state index contributed by atoms with van der Waals surface area (Å²) in [7, 11) is -3.49. The summed E-state index contributed by atoms with van der Waals surface area (Å²) in [6, 6.07) is 11.0. The maximum Gasteiger partial charge on any atom is 0.243 e. The molecule has 0 aliphatic carbocycles. The van der Waals surface area contributed by atoms with Gasteiger partial charge in [-0.2, -0.15) is 4.31 Å². The van der Waals surface area contributed by atoms with Crippen molar-refractivity contribution in [3.63, 3.8) is 0 Å². The third kappa shape index (κ3) is 3.67. The fraction of sp³-hybridized carbons (Fsp3) is 0.444. The Bertz CT molecular complexity index is 752. The lowest BCUT2D eigenvalue weighted by Crippen LogP contribution is -2.30. The molecule has 0 saturated carbocycles. The molecule has 0 aromatic heterocycles. The molecule has 23 heavy (non-hydrogen) atoms. The van der Waals surface area contributed by atoms with Crippen LogP contribution in [-0.4, -0.2) is 32.4 Å². The number of ether oxygens (including phenoxy) is 1. The summed E-state index contributed by atoms with van der Waals surface area (Å²) in [5, 5.41) is 1.56. The Morgan fingerprint density at radius 1 is 0.957 bits per heavy atom. The number of hydrogen-bond donors (Lipinski definition) is 0. The average Bonchev–Trinajstić information content (AvgIpc) is 2.55. The average molecular weight is 335 g/mol. The van der Waals surface area contributed by atoms with Crippen LogP contribution in [0.15, 0.2) is 41.3 Å². The van der Waals surface area contributed by atoms with Crippen LogP contribution in [-0.2, 0) is 10.0 Å². The Kier molecular flexibility index (Phi) is 6.02. The molecule has 4 nitrogen and oxygen atoms in total. The zero-order chi connectivity index (χ0) is 16.9. The van der Waals surface area contributed by atoms with Gasteiger partial charge in [-0.3, -0.25) is 0 Å². The molecule has 0 aliphatic rings.